The van der Waals surface area contributed by atoms with Crippen LogP contribution in [0.5, 0.6) is 11.5 Å². The molecule has 0 saturated heterocycles. The zero-order valence-corrected chi connectivity index (χ0v) is 15.8. The van der Waals surface area contributed by atoms with Crippen molar-refractivity contribution in [3.63, 3.8) is 0 Å². The second kappa shape index (κ2) is 7.67. The minimum atomic E-state index is -0.409. The maximum absolute atomic E-state index is 12.6. The number of aryl methyl sites for hydroxylation is 1. The van der Waals surface area contributed by atoms with Gasteiger partial charge in [-0.25, -0.2) is 4.98 Å². The molecule has 3 rings (SSSR count). The van der Waals surface area contributed by atoms with Gasteiger partial charge in [0.1, 0.15) is 18.0 Å². The Kier molecular flexibility index (Phi) is 5.32. The van der Waals surface area contributed by atoms with Crippen LogP contribution in [0.2, 0.25) is 5.02 Å². The van der Waals surface area contributed by atoms with Crippen LogP contribution in [-0.4, -0.2) is 29.7 Å². The number of carbonyl (C=O) groups excluding carboxylic acids is 1. The van der Waals surface area contributed by atoms with Crippen LogP contribution in [-0.2, 0) is 11.3 Å². The molecule has 0 saturated carbocycles. The van der Waals surface area contributed by atoms with Gasteiger partial charge in [-0.15, -0.1) is 0 Å². The van der Waals surface area contributed by atoms with E-state index in [2.05, 4.69) is 10.3 Å². The first-order valence-corrected chi connectivity index (χ1v) is 8.48. The standard InChI is InChI=1S/C19H18ClN3O4/c1-11-4-5-14-12(6-11)19(25)23(10-21-14)9-18(24)22-15-8-16(26-2)13(20)7-17(15)27-3/h4-8,10H,9H2,1-3H3,(H,22,24). The molecule has 1 N–H and O–H groups in total. The van der Waals surface area contributed by atoms with Crippen LogP contribution in [0.1, 0.15) is 5.56 Å². The molecule has 0 fully saturated rings. The summed E-state index contributed by atoms with van der Waals surface area (Å²) >= 11 is 6.06. The lowest BCUT2D eigenvalue weighted by Gasteiger charge is -2.13. The lowest BCUT2D eigenvalue weighted by atomic mass is 10.2. The van der Waals surface area contributed by atoms with Crippen LogP contribution in [0.25, 0.3) is 10.9 Å². The molecule has 1 amide bonds. The number of amides is 1. The fourth-order valence-electron chi connectivity index (χ4n) is 2.69. The Morgan fingerprint density at radius 1 is 1.19 bits per heavy atom. The SMILES string of the molecule is COc1cc(NC(=O)Cn2cnc3ccc(C)cc3c2=O)c(OC)cc1Cl. The normalized spacial score (nSPS) is 10.7. The lowest BCUT2D eigenvalue weighted by Crippen LogP contribution is -2.28. The molecular weight excluding hydrogens is 370 g/mol. The molecule has 0 atom stereocenters. The number of halogens is 1. The van der Waals surface area contributed by atoms with Gasteiger partial charge in [-0.05, 0) is 19.1 Å². The van der Waals surface area contributed by atoms with Gasteiger partial charge in [0.05, 0.1) is 42.2 Å². The molecule has 8 heteroatoms. The molecule has 2 aromatic carbocycles. The highest BCUT2D eigenvalue weighted by Gasteiger charge is 2.14. The smallest absolute Gasteiger partial charge is 0.261 e. The fourth-order valence-corrected chi connectivity index (χ4v) is 2.92. The number of rotatable bonds is 5. The first kappa shape index (κ1) is 18.7. The van der Waals surface area contributed by atoms with Crippen molar-refractivity contribution in [2.45, 2.75) is 13.5 Å². The van der Waals surface area contributed by atoms with Gasteiger partial charge in [0.25, 0.3) is 5.56 Å². The van der Waals surface area contributed by atoms with E-state index in [9.17, 15) is 9.59 Å². The number of benzene rings is 2. The molecule has 0 bridgehead atoms. The van der Waals surface area contributed by atoms with Gasteiger partial charge >= 0.3 is 0 Å². The van der Waals surface area contributed by atoms with E-state index in [0.29, 0.717) is 33.1 Å². The van der Waals surface area contributed by atoms with Gasteiger partial charge in [0, 0.05) is 12.1 Å². The van der Waals surface area contributed by atoms with Crippen molar-refractivity contribution in [1.29, 1.82) is 0 Å². The number of ether oxygens (including phenoxy) is 2. The number of anilines is 1. The van der Waals surface area contributed by atoms with Gasteiger partial charge < -0.3 is 14.8 Å². The first-order chi connectivity index (χ1) is 12.9. The van der Waals surface area contributed by atoms with Crippen LogP contribution in [0.3, 0.4) is 0 Å². The molecule has 3 aromatic rings. The van der Waals surface area contributed by atoms with E-state index in [1.54, 1.807) is 24.3 Å². The van der Waals surface area contributed by atoms with Crippen molar-refractivity contribution in [2.24, 2.45) is 0 Å². The van der Waals surface area contributed by atoms with Crippen LogP contribution in [0, 0.1) is 6.92 Å². The Labute approximate surface area is 160 Å². The highest BCUT2D eigenvalue weighted by atomic mass is 35.5. The molecule has 0 unspecified atom stereocenters. The van der Waals surface area contributed by atoms with Crippen LogP contribution >= 0.6 is 11.6 Å². The fraction of sp³-hybridized carbons (Fsp3) is 0.211. The molecule has 0 spiro atoms. The highest BCUT2D eigenvalue weighted by Crippen LogP contribution is 2.35. The number of carbonyl (C=O) groups is 1. The molecule has 1 heterocycles. The molecule has 0 aliphatic rings. The first-order valence-electron chi connectivity index (χ1n) is 8.10. The van der Waals surface area contributed by atoms with Gasteiger partial charge in [0.2, 0.25) is 5.91 Å². The number of nitrogens with one attached hydrogen (secondary N) is 1. The van der Waals surface area contributed by atoms with E-state index in [1.807, 2.05) is 13.0 Å². The minimum Gasteiger partial charge on any atom is -0.495 e. The number of methoxy groups -OCH3 is 2. The van der Waals surface area contributed by atoms with Crippen LogP contribution < -0.4 is 20.3 Å². The molecule has 140 valence electrons. The molecule has 27 heavy (non-hydrogen) atoms. The quantitative estimate of drug-likeness (QED) is 0.727. The summed E-state index contributed by atoms with van der Waals surface area (Å²) in [5.74, 6) is 0.370. The van der Waals surface area contributed by atoms with Crippen molar-refractivity contribution in [1.82, 2.24) is 9.55 Å². The van der Waals surface area contributed by atoms with E-state index in [0.717, 1.165) is 5.56 Å². The predicted molar refractivity (Wildman–Crippen MR) is 104 cm³/mol. The Balaban J connectivity index is 1.87. The average molecular weight is 388 g/mol. The van der Waals surface area contributed by atoms with E-state index < -0.39 is 5.91 Å². The summed E-state index contributed by atoms with van der Waals surface area (Å²) in [5.41, 5.74) is 1.65. The maximum Gasteiger partial charge on any atom is 0.261 e. The van der Waals surface area contributed by atoms with E-state index in [1.165, 1.54) is 25.1 Å². The Morgan fingerprint density at radius 2 is 1.93 bits per heavy atom. The summed E-state index contributed by atoms with van der Waals surface area (Å²) < 4.78 is 11.7. The highest BCUT2D eigenvalue weighted by molar-refractivity contribution is 6.32. The van der Waals surface area contributed by atoms with Crippen LogP contribution in [0.4, 0.5) is 5.69 Å². The number of hydrogen-bond donors (Lipinski definition) is 1. The Bertz CT molecular complexity index is 1080. The summed E-state index contributed by atoms with van der Waals surface area (Å²) in [6.45, 7) is 1.70. The number of aromatic nitrogens is 2. The second-order valence-electron chi connectivity index (χ2n) is 5.93. The van der Waals surface area contributed by atoms with Crippen molar-refractivity contribution in [3.05, 3.63) is 57.6 Å². The topological polar surface area (TPSA) is 82.5 Å². The van der Waals surface area contributed by atoms with Crippen molar-refractivity contribution < 1.29 is 14.3 Å². The third-order valence-corrected chi connectivity index (χ3v) is 4.34. The molecule has 7 nitrogen and oxygen atoms in total. The summed E-state index contributed by atoms with van der Waals surface area (Å²) in [6.07, 6.45) is 1.36. The summed E-state index contributed by atoms with van der Waals surface area (Å²) in [4.78, 5) is 29.3. The van der Waals surface area contributed by atoms with Crippen molar-refractivity contribution >= 4 is 34.1 Å². The molecule has 0 aliphatic heterocycles. The molecule has 1 aromatic heterocycles. The van der Waals surface area contributed by atoms with E-state index >= 15 is 0 Å². The summed E-state index contributed by atoms with van der Waals surface area (Å²) in [7, 11) is 2.94. The van der Waals surface area contributed by atoms with Crippen molar-refractivity contribution in [2.75, 3.05) is 19.5 Å². The van der Waals surface area contributed by atoms with Crippen molar-refractivity contribution in [3.8, 4) is 11.5 Å². The Morgan fingerprint density at radius 3 is 2.63 bits per heavy atom. The molecule has 0 radical (unpaired) electrons. The molecule has 0 aliphatic carbocycles. The number of hydrogen-bond acceptors (Lipinski definition) is 5. The van der Waals surface area contributed by atoms with Gasteiger partial charge in [-0.2, -0.15) is 0 Å². The maximum atomic E-state index is 12.6. The summed E-state index contributed by atoms with van der Waals surface area (Å²) in [5, 5.41) is 3.54. The number of fused-ring (bicyclic) bond motifs is 1. The third kappa shape index (κ3) is 3.88. The van der Waals surface area contributed by atoms with Gasteiger partial charge in [0.15, 0.2) is 0 Å². The zero-order chi connectivity index (χ0) is 19.6. The number of nitrogens with zero attached hydrogens (tertiary/aromatic N) is 2. The zero-order valence-electron chi connectivity index (χ0n) is 15.1. The van der Waals surface area contributed by atoms with Crippen LogP contribution in [0.15, 0.2) is 41.5 Å². The monoisotopic (exact) mass is 387 g/mol. The average Bonchev–Trinajstić information content (AvgIpc) is 2.65. The Hall–Kier alpha value is -3.06. The summed E-state index contributed by atoms with van der Waals surface area (Å²) in [6, 6.07) is 8.52. The van der Waals surface area contributed by atoms with Gasteiger partial charge in [-0.3, -0.25) is 14.2 Å². The predicted octanol–water partition coefficient (Wildman–Crippen LogP) is 3.01. The second-order valence-corrected chi connectivity index (χ2v) is 6.34. The van der Waals surface area contributed by atoms with Gasteiger partial charge in [-0.1, -0.05) is 23.2 Å². The van der Waals surface area contributed by atoms with E-state index in [-0.39, 0.29) is 12.1 Å². The van der Waals surface area contributed by atoms with E-state index in [4.69, 9.17) is 21.1 Å². The molecular formula is C19H18ClN3O4. The minimum absolute atomic E-state index is 0.191. The lowest BCUT2D eigenvalue weighted by molar-refractivity contribution is -0.116. The third-order valence-electron chi connectivity index (χ3n) is 4.04. The largest absolute Gasteiger partial charge is 0.495 e.